The second-order valence-electron chi connectivity index (χ2n) is 40.9. The van der Waals surface area contributed by atoms with Gasteiger partial charge in [0.2, 0.25) is 0 Å². The van der Waals surface area contributed by atoms with Gasteiger partial charge in [-0.25, -0.2) is 4.98 Å². The van der Waals surface area contributed by atoms with Crippen molar-refractivity contribution < 1.29 is 0 Å². The summed E-state index contributed by atoms with van der Waals surface area (Å²) in [4.78, 5) is 47.3. The fourth-order valence-corrected chi connectivity index (χ4v) is 27.8. The number of aromatic nitrogens is 8. The summed E-state index contributed by atoms with van der Waals surface area (Å²) in [6.45, 7) is 0. The maximum absolute atomic E-state index is 4.85. The van der Waals surface area contributed by atoms with Gasteiger partial charge in [0, 0.05) is 118 Å². The van der Waals surface area contributed by atoms with Crippen LogP contribution >= 0.6 is 0 Å². The van der Waals surface area contributed by atoms with Crippen molar-refractivity contribution in [3.8, 4) is 89.0 Å². The van der Waals surface area contributed by atoms with Gasteiger partial charge in [0.1, 0.15) is 5.82 Å². The SMILES string of the molecule is c1ccc2c(c1)Cc1cc3c(cc1-2)Cc1ccc2c(c1-3)Cc1ccnc3c1N2c1cccnc1C3.c1ccc2c(c1)Cc1cc3c(cc1-2)Cc1ccc2c(c1-3)Cc1ccnc3c1N2c1ccncc1C3.c1ccc2c(c1)Cc1cc3c(cc1-2)Cc1ccc2c(c1-3)Cc1ccnc3c1N2c1cnccc1C3.c1ccc2c(c1)Cc1cc3c(cc1-2)Cc1ccc2c(c1-3)Cc1ccnc3c1N2c1ncccc1C3. The maximum atomic E-state index is 4.85. The molecule has 8 aliphatic carbocycles. The van der Waals surface area contributed by atoms with Crippen molar-refractivity contribution in [1.82, 2.24) is 39.9 Å². The lowest BCUT2D eigenvalue weighted by molar-refractivity contribution is 0.927. The van der Waals surface area contributed by atoms with Crippen LogP contribution in [0.1, 0.15) is 179 Å². The topological polar surface area (TPSA) is 116 Å². The molecule has 0 spiro atoms. The summed E-state index contributed by atoms with van der Waals surface area (Å²) in [6, 6.07) is 95.9. The molecule has 8 aliphatic heterocycles. The number of rotatable bonds is 0. The number of nitrogens with zero attached hydrogens (tertiary/aromatic N) is 12. The Hall–Kier alpha value is -17.0. The van der Waals surface area contributed by atoms with Crippen LogP contribution in [0.4, 0.5) is 68.4 Å². The Labute approximate surface area is 809 Å². The highest BCUT2D eigenvalue weighted by molar-refractivity contribution is 6.02. The molecule has 20 aromatic rings. The van der Waals surface area contributed by atoms with E-state index in [1.54, 1.807) is 0 Å². The summed E-state index contributed by atoms with van der Waals surface area (Å²) in [5.74, 6) is 1.05. The second kappa shape index (κ2) is 28.4. The summed E-state index contributed by atoms with van der Waals surface area (Å²) < 4.78 is 0. The summed E-state index contributed by atoms with van der Waals surface area (Å²) >= 11 is 0. The Morgan fingerprint density at radius 3 is 0.914 bits per heavy atom. The van der Waals surface area contributed by atoms with Crippen LogP contribution < -0.4 is 19.6 Å². The first-order chi connectivity index (χ1) is 69.3. The minimum atomic E-state index is 0.797. The van der Waals surface area contributed by atoms with Gasteiger partial charge in [-0.2, -0.15) is 0 Å². The van der Waals surface area contributed by atoms with E-state index in [1.165, 1.54) is 307 Å². The van der Waals surface area contributed by atoms with Crippen molar-refractivity contribution in [2.75, 3.05) is 19.6 Å². The molecule has 36 rings (SSSR count). The van der Waals surface area contributed by atoms with Crippen LogP contribution in [0.25, 0.3) is 89.0 Å². The third kappa shape index (κ3) is 10.7. The molecule has 16 heterocycles. The molecule has 12 nitrogen and oxygen atoms in total. The monoisotopic (exact) mass is 1790 g/mol. The number of hydrogen-bond acceptors (Lipinski definition) is 12. The van der Waals surface area contributed by atoms with Crippen LogP contribution in [0.5, 0.6) is 0 Å². The third-order valence-electron chi connectivity index (χ3n) is 33.7. The number of benzene rings is 12. The van der Waals surface area contributed by atoms with E-state index in [-0.39, 0.29) is 0 Å². The van der Waals surface area contributed by atoms with E-state index in [9.17, 15) is 0 Å². The van der Waals surface area contributed by atoms with Gasteiger partial charge in [-0.05, 0) is 407 Å². The lowest BCUT2D eigenvalue weighted by Crippen LogP contribution is -2.26. The van der Waals surface area contributed by atoms with Crippen LogP contribution in [0.2, 0.25) is 0 Å². The molecule has 0 amide bonds. The fraction of sp³-hybridized carbons (Fsp3) is 0.125. The molecular weight excluding hydrogens is 1710 g/mol. The first-order valence-corrected chi connectivity index (χ1v) is 49.7. The Bertz CT molecular complexity index is 8100. The highest BCUT2D eigenvalue weighted by Crippen LogP contribution is 2.62. The van der Waals surface area contributed by atoms with Crippen LogP contribution in [-0.2, 0) is 103 Å². The standard InChI is InChI=1S/4C32H21N3/c1-2-6-24-18(4-1)12-22-16-26-23(15-25(22)24)13-19-7-8-29-27(30(19)26)14-20-9-11-33-28-17-21-5-3-10-34-32(21)35(29)31(20)28;1-2-5-23-18(4-1)12-21-16-25-22(15-24(21)23)13-19-7-8-29-26(31(19)25)14-20-9-11-34-28-17-27-30(6-3-10-33-27)35(29)32(20)28;1-2-4-24-18(3-1)11-21-15-26-22(14-25(21)24)12-19-5-6-30-27(31(19)26)13-20-7-10-34-28-16-23-17-33-9-8-29(23)35(30)32(20)28;1-2-4-24-18(3-1)11-22-15-26-23(14-25(22)24)12-20-5-6-29-27(31(20)26)13-21-8-10-34-28-16-19-7-9-33-17-30(19)35(29)32(21)28/h2*1-11,15-16H,12-14,17H2;2*1-10,14-15,17H,11-13,16H2. The Kier molecular flexibility index (Phi) is 15.4. The van der Waals surface area contributed by atoms with Crippen molar-refractivity contribution in [3.63, 3.8) is 0 Å². The van der Waals surface area contributed by atoms with E-state index in [4.69, 9.17) is 29.9 Å². The molecule has 0 unspecified atom stereocenters. The minimum Gasteiger partial charge on any atom is -0.308 e. The lowest BCUT2D eigenvalue weighted by Gasteiger charge is -2.39. The van der Waals surface area contributed by atoms with Crippen molar-refractivity contribution >= 4 is 68.4 Å². The summed E-state index contributed by atoms with van der Waals surface area (Å²) in [7, 11) is 0. The van der Waals surface area contributed by atoms with Gasteiger partial charge in [-0.15, -0.1) is 0 Å². The predicted molar refractivity (Wildman–Crippen MR) is 555 cm³/mol. The molecule has 140 heavy (non-hydrogen) atoms. The van der Waals surface area contributed by atoms with Crippen LogP contribution in [0.15, 0.2) is 317 Å². The van der Waals surface area contributed by atoms with E-state index >= 15 is 0 Å². The minimum absolute atomic E-state index is 0.797. The quantitative estimate of drug-likeness (QED) is 0.144. The molecular formula is C128H84N12. The lowest BCUT2D eigenvalue weighted by atomic mass is 9.85. The van der Waals surface area contributed by atoms with E-state index in [0.717, 1.165) is 131 Å². The zero-order chi connectivity index (χ0) is 90.7. The molecule has 0 bridgehead atoms. The Balaban J connectivity index is 0.0000000829. The van der Waals surface area contributed by atoms with Gasteiger partial charge in [0.25, 0.3) is 0 Å². The average Bonchev–Trinajstić information content (AvgIpc) is 1.58. The highest BCUT2D eigenvalue weighted by atomic mass is 15.2. The van der Waals surface area contributed by atoms with Gasteiger partial charge in [-0.3, -0.25) is 39.8 Å². The molecule has 0 saturated heterocycles. The summed E-state index contributed by atoms with van der Waals surface area (Å²) in [5, 5.41) is 0. The number of anilines is 12. The molecule has 0 N–H and O–H groups in total. The maximum Gasteiger partial charge on any atom is 0.141 e. The molecule has 656 valence electrons. The number of hydrogen-bond donors (Lipinski definition) is 0. The highest BCUT2D eigenvalue weighted by Gasteiger charge is 2.44. The fourth-order valence-electron chi connectivity index (χ4n) is 27.8. The molecule has 0 fully saturated rings. The van der Waals surface area contributed by atoms with Crippen molar-refractivity contribution in [3.05, 3.63) is 495 Å². The smallest absolute Gasteiger partial charge is 0.141 e. The Morgan fingerprint density at radius 2 is 0.471 bits per heavy atom. The third-order valence-corrected chi connectivity index (χ3v) is 33.7. The normalized spacial score (nSPS) is 14.9. The number of fused-ring (bicyclic) bond motifs is 44. The molecule has 0 atom stereocenters. The van der Waals surface area contributed by atoms with Crippen molar-refractivity contribution in [2.24, 2.45) is 0 Å². The van der Waals surface area contributed by atoms with E-state index in [2.05, 4.69) is 278 Å². The second-order valence-corrected chi connectivity index (χ2v) is 40.9. The van der Waals surface area contributed by atoms with Crippen LogP contribution in [0, 0.1) is 0 Å². The van der Waals surface area contributed by atoms with Gasteiger partial charge in [0.05, 0.1) is 97.2 Å². The van der Waals surface area contributed by atoms with Crippen LogP contribution in [-0.4, -0.2) is 39.9 Å². The molecule has 16 aliphatic rings. The van der Waals surface area contributed by atoms with Gasteiger partial charge in [0.15, 0.2) is 0 Å². The van der Waals surface area contributed by atoms with Crippen LogP contribution in [0.3, 0.4) is 0 Å². The molecule has 0 saturated carbocycles. The van der Waals surface area contributed by atoms with E-state index in [0.29, 0.717) is 0 Å². The molecule has 8 aromatic heterocycles. The van der Waals surface area contributed by atoms with E-state index < -0.39 is 0 Å². The average molecular weight is 1790 g/mol. The molecule has 12 heteroatoms. The first-order valence-electron chi connectivity index (χ1n) is 49.7. The largest absolute Gasteiger partial charge is 0.308 e. The van der Waals surface area contributed by atoms with Crippen molar-refractivity contribution in [1.29, 1.82) is 0 Å². The van der Waals surface area contributed by atoms with Gasteiger partial charge in [-0.1, -0.05) is 127 Å². The van der Waals surface area contributed by atoms with E-state index in [1.807, 2.05) is 68.0 Å². The van der Waals surface area contributed by atoms with Gasteiger partial charge >= 0.3 is 0 Å². The first kappa shape index (κ1) is 76.2. The van der Waals surface area contributed by atoms with Gasteiger partial charge < -0.3 is 14.7 Å². The molecule has 12 aromatic carbocycles. The molecule has 0 radical (unpaired) electrons. The summed E-state index contributed by atoms with van der Waals surface area (Å²) in [6.07, 6.45) is 34.9. The summed E-state index contributed by atoms with van der Waals surface area (Å²) in [5.41, 5.74) is 80.8. The van der Waals surface area contributed by atoms with Crippen molar-refractivity contribution in [2.45, 2.75) is 103 Å². The number of pyridine rings is 8. The zero-order valence-corrected chi connectivity index (χ0v) is 76.7. The predicted octanol–water partition coefficient (Wildman–Crippen LogP) is 27.6. The Morgan fingerprint density at radius 1 is 0.157 bits per heavy atom. The zero-order valence-electron chi connectivity index (χ0n) is 76.7.